The summed E-state index contributed by atoms with van der Waals surface area (Å²) in [6.07, 6.45) is 3.79. The lowest BCUT2D eigenvalue weighted by Crippen LogP contribution is -2.71. The Hall–Kier alpha value is -3.96. The van der Waals surface area contributed by atoms with Crippen molar-refractivity contribution in [2.75, 3.05) is 44.8 Å². The van der Waals surface area contributed by atoms with E-state index in [0.29, 0.717) is 41.0 Å². The van der Waals surface area contributed by atoms with E-state index in [9.17, 15) is 29.4 Å². The molecular formula is C24H29N8O7S2+. The fourth-order valence-corrected chi connectivity index (χ4v) is 7.27. The van der Waals surface area contributed by atoms with Gasteiger partial charge in [0.15, 0.2) is 10.9 Å². The molecule has 3 aliphatic heterocycles. The fourth-order valence-electron chi connectivity index (χ4n) is 5.50. The van der Waals surface area contributed by atoms with E-state index in [1.54, 1.807) is 0 Å². The second kappa shape index (κ2) is 11.5. The number of carboxylic acids is 1. The number of nitrogens with zero attached hydrogens (tertiary/aromatic N) is 5. The number of fused-ring (bicyclic) bond motifs is 1. The molecule has 0 spiro atoms. The fraction of sp³-hybridized carbons (Fsp3) is 0.458. The number of aromatic amines is 1. The maximum Gasteiger partial charge on any atom is 0.352 e. The summed E-state index contributed by atoms with van der Waals surface area (Å²) in [5.41, 5.74) is 6.20. The Morgan fingerprint density at radius 1 is 1.34 bits per heavy atom. The predicted molar refractivity (Wildman–Crippen MR) is 149 cm³/mol. The molecule has 0 radical (unpaired) electrons. The van der Waals surface area contributed by atoms with Gasteiger partial charge in [-0.3, -0.25) is 19.3 Å². The van der Waals surface area contributed by atoms with Crippen molar-refractivity contribution in [3.8, 4) is 5.75 Å². The Bertz CT molecular complexity index is 1500. The molecule has 2 atom stereocenters. The molecule has 5 rings (SSSR count). The smallest absolute Gasteiger partial charge is 0.352 e. The normalized spacial score (nSPS) is 21.8. The minimum absolute atomic E-state index is 0.0452. The Kier molecular flexibility index (Phi) is 8.01. The van der Waals surface area contributed by atoms with E-state index < -0.39 is 34.6 Å². The van der Waals surface area contributed by atoms with Crippen LogP contribution in [0.2, 0.25) is 0 Å². The van der Waals surface area contributed by atoms with Crippen LogP contribution in [0.25, 0.3) is 0 Å². The SMILES string of the molecule is CON=C(C(=O)N[C@@H]1C(=O)N2C(C(=O)O)=C(C[N+]3(CCc4cc(=O)c(O)c[nH]4)CCCC3)CS[C@H]12)c1nsc(N)n1. The third-order valence-electron chi connectivity index (χ3n) is 7.44. The number of hydrogen-bond donors (Lipinski definition) is 5. The van der Waals surface area contributed by atoms with Crippen molar-refractivity contribution in [2.24, 2.45) is 5.16 Å². The molecule has 0 bridgehead atoms. The maximum absolute atomic E-state index is 13.2. The zero-order chi connectivity index (χ0) is 29.3. The van der Waals surface area contributed by atoms with Crippen LogP contribution in [0.15, 0.2) is 33.5 Å². The molecule has 0 aromatic carbocycles. The average molecular weight is 606 g/mol. The summed E-state index contributed by atoms with van der Waals surface area (Å²) in [6.45, 7) is 2.80. The van der Waals surface area contributed by atoms with Gasteiger partial charge in [-0.2, -0.15) is 9.36 Å². The van der Waals surface area contributed by atoms with Gasteiger partial charge in [0.25, 0.3) is 11.8 Å². The zero-order valence-corrected chi connectivity index (χ0v) is 23.7. The second-order valence-corrected chi connectivity index (χ2v) is 11.9. The number of quaternary nitrogens is 1. The number of nitrogens with two attached hydrogens (primary N) is 1. The lowest BCUT2D eigenvalue weighted by atomic mass is 10.0. The van der Waals surface area contributed by atoms with Crippen molar-refractivity contribution in [1.82, 2.24) is 24.6 Å². The topological polar surface area (TPSA) is 213 Å². The molecule has 17 heteroatoms. The first-order valence-electron chi connectivity index (χ1n) is 12.8. The minimum Gasteiger partial charge on any atom is -0.503 e. The minimum atomic E-state index is -1.20. The van der Waals surface area contributed by atoms with Gasteiger partial charge in [0.2, 0.25) is 17.0 Å². The van der Waals surface area contributed by atoms with Crippen molar-refractivity contribution in [1.29, 1.82) is 0 Å². The number of pyridine rings is 1. The molecule has 218 valence electrons. The summed E-state index contributed by atoms with van der Waals surface area (Å²) in [5, 5.41) is 25.5. The number of carbonyl (C=O) groups is 3. The lowest BCUT2D eigenvalue weighted by molar-refractivity contribution is -0.912. The summed E-state index contributed by atoms with van der Waals surface area (Å²) in [6, 6.07) is 0.406. The standard InChI is InChI=1S/C24H28N8O7S2/c1-39-29-16(19-28-24(25)41-30-19)20(35)27-17-21(36)31-18(23(37)38)12(11-40-22(17)31)10-32(5-2-3-6-32)7-4-13-8-14(33)15(34)9-26-13/h8-9,17,22H,2-7,10-11H2,1H3,(H5-,25,26,27,28,29,30,33,34,35,37,38)/p+1/t17-,22-/m1/s1. The molecule has 5 heterocycles. The van der Waals surface area contributed by atoms with Crippen LogP contribution in [0.5, 0.6) is 5.75 Å². The number of aliphatic carboxylic acids is 1. The van der Waals surface area contributed by atoms with Gasteiger partial charge in [0, 0.05) is 60.1 Å². The molecule has 6 N–H and O–H groups in total. The highest BCUT2D eigenvalue weighted by Gasteiger charge is 2.55. The zero-order valence-electron chi connectivity index (χ0n) is 22.0. The van der Waals surface area contributed by atoms with Crippen LogP contribution in [0.1, 0.15) is 24.4 Å². The molecule has 0 saturated carbocycles. The van der Waals surface area contributed by atoms with Gasteiger partial charge in [-0.05, 0) is 0 Å². The number of anilines is 1. The highest BCUT2D eigenvalue weighted by atomic mass is 32.2. The monoisotopic (exact) mass is 605 g/mol. The van der Waals surface area contributed by atoms with E-state index in [0.717, 1.165) is 37.5 Å². The molecule has 2 aromatic rings. The molecule has 2 aromatic heterocycles. The highest BCUT2D eigenvalue weighted by Crippen LogP contribution is 2.41. The predicted octanol–water partition coefficient (Wildman–Crippen LogP) is -0.543. The largest absolute Gasteiger partial charge is 0.503 e. The van der Waals surface area contributed by atoms with Gasteiger partial charge in [-0.15, -0.1) is 11.8 Å². The lowest BCUT2D eigenvalue weighted by Gasteiger charge is -2.50. The van der Waals surface area contributed by atoms with Crippen LogP contribution in [0.4, 0.5) is 5.13 Å². The molecule has 0 unspecified atom stereocenters. The first-order chi connectivity index (χ1) is 19.6. The van der Waals surface area contributed by atoms with E-state index in [-0.39, 0.29) is 28.1 Å². The Morgan fingerprint density at radius 2 is 2.10 bits per heavy atom. The summed E-state index contributed by atoms with van der Waals surface area (Å²) in [4.78, 5) is 63.4. The number of aromatic nitrogens is 3. The molecule has 2 saturated heterocycles. The molecule has 15 nitrogen and oxygen atoms in total. The summed E-state index contributed by atoms with van der Waals surface area (Å²) in [7, 11) is 1.25. The second-order valence-electron chi connectivity index (χ2n) is 10.0. The van der Waals surface area contributed by atoms with E-state index in [2.05, 4.69) is 24.8 Å². The average Bonchev–Trinajstić information content (AvgIpc) is 3.59. The van der Waals surface area contributed by atoms with Gasteiger partial charge in [0.1, 0.15) is 30.8 Å². The molecular weight excluding hydrogens is 576 g/mol. The molecule has 2 amide bonds. The number of likely N-dealkylation sites (tertiary alicyclic amines) is 1. The van der Waals surface area contributed by atoms with E-state index in [1.807, 2.05) is 0 Å². The number of oxime groups is 1. The molecule has 41 heavy (non-hydrogen) atoms. The van der Waals surface area contributed by atoms with Gasteiger partial charge in [0.05, 0.1) is 19.6 Å². The van der Waals surface area contributed by atoms with Gasteiger partial charge >= 0.3 is 5.97 Å². The summed E-state index contributed by atoms with van der Waals surface area (Å²) < 4.78 is 4.60. The number of amides is 2. The number of nitrogens with one attached hydrogen (secondary N) is 2. The Labute approximate surface area is 241 Å². The first kappa shape index (κ1) is 28.6. The molecule has 0 aliphatic carbocycles. The van der Waals surface area contributed by atoms with Crippen molar-refractivity contribution in [3.63, 3.8) is 0 Å². The number of hydrogen-bond acceptors (Lipinski definition) is 12. The number of β-lactam (4-membered cyclic amide) rings is 1. The van der Waals surface area contributed by atoms with E-state index in [1.165, 1.54) is 36.0 Å². The van der Waals surface area contributed by atoms with Crippen molar-refractivity contribution in [2.45, 2.75) is 30.7 Å². The van der Waals surface area contributed by atoms with Gasteiger partial charge in [-0.1, -0.05) is 5.16 Å². The number of rotatable bonds is 10. The van der Waals surface area contributed by atoms with Crippen LogP contribution >= 0.6 is 23.3 Å². The van der Waals surface area contributed by atoms with Crippen molar-refractivity contribution < 1.29 is 33.9 Å². The van der Waals surface area contributed by atoms with Crippen LogP contribution in [0.3, 0.4) is 0 Å². The van der Waals surface area contributed by atoms with Crippen LogP contribution in [-0.2, 0) is 25.6 Å². The Morgan fingerprint density at radius 3 is 2.73 bits per heavy atom. The number of aromatic hydroxyl groups is 1. The quantitative estimate of drug-likeness (QED) is 0.100. The number of nitrogen functional groups attached to an aromatic ring is 1. The van der Waals surface area contributed by atoms with Crippen LogP contribution in [0, 0.1) is 0 Å². The number of H-pyrrole nitrogens is 1. The molecule has 3 aliphatic rings. The number of carbonyl (C=O) groups excluding carboxylic acids is 2. The number of thioether (sulfide) groups is 1. The third kappa shape index (κ3) is 5.64. The third-order valence-corrected chi connectivity index (χ3v) is 9.32. The number of carboxylic acid groups (broad SMARTS) is 1. The van der Waals surface area contributed by atoms with E-state index >= 15 is 0 Å². The van der Waals surface area contributed by atoms with Gasteiger partial charge in [-0.25, -0.2) is 4.79 Å². The van der Waals surface area contributed by atoms with E-state index in [4.69, 9.17) is 10.6 Å². The van der Waals surface area contributed by atoms with Crippen LogP contribution in [-0.4, -0.2) is 108 Å². The maximum atomic E-state index is 13.2. The van der Waals surface area contributed by atoms with Crippen molar-refractivity contribution in [3.05, 3.63) is 45.3 Å². The Balaban J connectivity index is 1.32. The van der Waals surface area contributed by atoms with Gasteiger partial charge < -0.3 is 35.6 Å². The summed E-state index contributed by atoms with van der Waals surface area (Å²) in [5.74, 6) is -2.50. The first-order valence-corrected chi connectivity index (χ1v) is 14.6. The molecule has 2 fully saturated rings. The highest BCUT2D eigenvalue weighted by molar-refractivity contribution is 8.00. The summed E-state index contributed by atoms with van der Waals surface area (Å²) >= 11 is 2.26. The van der Waals surface area contributed by atoms with Crippen LogP contribution < -0.4 is 16.5 Å². The van der Waals surface area contributed by atoms with Crippen molar-refractivity contribution >= 4 is 51.9 Å².